The summed E-state index contributed by atoms with van der Waals surface area (Å²) in [7, 11) is 0. The van der Waals surface area contributed by atoms with Crippen molar-refractivity contribution < 1.29 is 14.3 Å². The fourth-order valence-electron chi connectivity index (χ4n) is 1.54. The van der Waals surface area contributed by atoms with Crippen LogP contribution in [0.4, 0.5) is 4.39 Å². The van der Waals surface area contributed by atoms with Crippen LogP contribution in [0.1, 0.15) is 10.4 Å². The van der Waals surface area contributed by atoms with Crippen molar-refractivity contribution in [1.82, 2.24) is 0 Å². The van der Waals surface area contributed by atoms with Crippen molar-refractivity contribution in [1.29, 1.82) is 0 Å². The molecule has 0 saturated carbocycles. The van der Waals surface area contributed by atoms with Crippen LogP contribution in [0.25, 0.3) is 11.1 Å². The Bertz CT molecular complexity index is 626. The summed E-state index contributed by atoms with van der Waals surface area (Å²) in [5, 5.41) is 9.61. The highest BCUT2D eigenvalue weighted by atomic mass is 35.5. The maximum atomic E-state index is 13.3. The summed E-state index contributed by atoms with van der Waals surface area (Å²) in [5.41, 5.74) is 0.859. The van der Waals surface area contributed by atoms with Gasteiger partial charge in [-0.3, -0.25) is 0 Å². The zero-order valence-corrected chi connectivity index (χ0v) is 10.5. The first-order valence-electron chi connectivity index (χ1n) is 4.97. The van der Waals surface area contributed by atoms with Crippen LogP contribution in [0.2, 0.25) is 10.0 Å². The third-order valence-corrected chi connectivity index (χ3v) is 3.19. The highest BCUT2D eigenvalue weighted by molar-refractivity contribution is 6.42. The summed E-state index contributed by atoms with van der Waals surface area (Å²) < 4.78 is 13.3. The Kier molecular flexibility index (Phi) is 3.55. The van der Waals surface area contributed by atoms with Crippen molar-refractivity contribution in [2.24, 2.45) is 0 Å². The second-order valence-electron chi connectivity index (χ2n) is 3.63. The Hall–Kier alpha value is -1.58. The fourth-order valence-corrected chi connectivity index (χ4v) is 1.84. The number of carboxylic acid groups (broad SMARTS) is 1. The molecule has 2 nitrogen and oxygen atoms in total. The van der Waals surface area contributed by atoms with E-state index in [1.807, 2.05) is 0 Å². The number of aromatic carboxylic acids is 1. The minimum absolute atomic E-state index is 0.357. The number of carboxylic acids is 1. The molecule has 92 valence electrons. The zero-order valence-electron chi connectivity index (χ0n) is 8.95. The summed E-state index contributed by atoms with van der Waals surface area (Å²) >= 11 is 11.7. The van der Waals surface area contributed by atoms with E-state index in [9.17, 15) is 9.18 Å². The molecule has 0 fully saturated rings. The summed E-state index contributed by atoms with van der Waals surface area (Å²) in [6, 6.07) is 8.75. The summed E-state index contributed by atoms with van der Waals surface area (Å²) in [6.07, 6.45) is 0. The van der Waals surface area contributed by atoms with E-state index in [-0.39, 0.29) is 5.56 Å². The molecule has 0 radical (unpaired) electrons. The van der Waals surface area contributed by atoms with Gasteiger partial charge in [0.15, 0.2) is 0 Å². The standard InChI is InChI=1S/C13H7Cl2FO2/c14-10-3-1-8(6-11(10)15)7-2-4-12(16)9(5-7)13(17)18/h1-6H,(H,17,18). The van der Waals surface area contributed by atoms with E-state index in [1.165, 1.54) is 12.1 Å². The molecule has 0 heterocycles. The Morgan fingerprint density at radius 1 is 1.00 bits per heavy atom. The van der Waals surface area contributed by atoms with Crippen LogP contribution in [0.3, 0.4) is 0 Å². The van der Waals surface area contributed by atoms with Gasteiger partial charge in [0.1, 0.15) is 5.82 Å². The van der Waals surface area contributed by atoms with Gasteiger partial charge in [0.25, 0.3) is 0 Å². The highest BCUT2D eigenvalue weighted by Gasteiger charge is 2.12. The predicted molar refractivity (Wildman–Crippen MR) is 68.8 cm³/mol. The smallest absolute Gasteiger partial charge is 0.338 e. The van der Waals surface area contributed by atoms with Crippen LogP contribution in [0.15, 0.2) is 36.4 Å². The molecule has 18 heavy (non-hydrogen) atoms. The molecular formula is C13H7Cl2FO2. The molecule has 0 aliphatic heterocycles. The maximum absolute atomic E-state index is 13.3. The average Bonchev–Trinajstić information content (AvgIpc) is 2.33. The maximum Gasteiger partial charge on any atom is 0.338 e. The Labute approximate surface area is 113 Å². The number of benzene rings is 2. The molecule has 2 aromatic rings. The molecule has 0 amide bonds. The predicted octanol–water partition coefficient (Wildman–Crippen LogP) is 4.50. The van der Waals surface area contributed by atoms with Crippen LogP contribution < -0.4 is 0 Å². The topological polar surface area (TPSA) is 37.3 Å². The SMILES string of the molecule is O=C(O)c1cc(-c2ccc(Cl)c(Cl)c2)ccc1F. The third-order valence-electron chi connectivity index (χ3n) is 2.45. The van der Waals surface area contributed by atoms with Gasteiger partial charge in [-0.15, -0.1) is 0 Å². The molecular weight excluding hydrogens is 278 g/mol. The number of hydrogen-bond acceptors (Lipinski definition) is 1. The number of rotatable bonds is 2. The summed E-state index contributed by atoms with van der Waals surface area (Å²) in [4.78, 5) is 10.8. The Morgan fingerprint density at radius 2 is 1.61 bits per heavy atom. The zero-order chi connectivity index (χ0) is 13.3. The van der Waals surface area contributed by atoms with Crippen LogP contribution in [0, 0.1) is 5.82 Å². The molecule has 0 spiro atoms. The van der Waals surface area contributed by atoms with Gasteiger partial charge < -0.3 is 5.11 Å². The molecule has 2 rings (SSSR count). The van der Waals surface area contributed by atoms with E-state index < -0.39 is 11.8 Å². The van der Waals surface area contributed by atoms with Crippen molar-refractivity contribution >= 4 is 29.2 Å². The molecule has 2 aromatic carbocycles. The van der Waals surface area contributed by atoms with Crippen molar-refractivity contribution in [3.63, 3.8) is 0 Å². The third kappa shape index (κ3) is 2.47. The van der Waals surface area contributed by atoms with Crippen molar-refractivity contribution in [3.8, 4) is 11.1 Å². The summed E-state index contributed by atoms with van der Waals surface area (Å²) in [5.74, 6) is -2.08. The van der Waals surface area contributed by atoms with Gasteiger partial charge in [0, 0.05) is 0 Å². The van der Waals surface area contributed by atoms with Gasteiger partial charge in [-0.25, -0.2) is 9.18 Å². The molecule has 0 aromatic heterocycles. The van der Waals surface area contributed by atoms with E-state index in [4.69, 9.17) is 28.3 Å². The highest BCUT2D eigenvalue weighted by Crippen LogP contribution is 2.29. The van der Waals surface area contributed by atoms with Gasteiger partial charge in [-0.2, -0.15) is 0 Å². The van der Waals surface area contributed by atoms with E-state index in [1.54, 1.807) is 18.2 Å². The van der Waals surface area contributed by atoms with Gasteiger partial charge >= 0.3 is 5.97 Å². The molecule has 0 aliphatic carbocycles. The van der Waals surface area contributed by atoms with Crippen LogP contribution in [0.5, 0.6) is 0 Å². The first-order chi connectivity index (χ1) is 8.49. The monoisotopic (exact) mass is 284 g/mol. The van der Waals surface area contributed by atoms with Gasteiger partial charge in [-0.1, -0.05) is 35.3 Å². The Balaban J connectivity index is 2.54. The largest absolute Gasteiger partial charge is 0.478 e. The van der Waals surface area contributed by atoms with Gasteiger partial charge in [0.05, 0.1) is 15.6 Å². The first-order valence-corrected chi connectivity index (χ1v) is 5.73. The molecule has 0 saturated heterocycles. The van der Waals surface area contributed by atoms with Gasteiger partial charge in [0.2, 0.25) is 0 Å². The first kappa shape index (κ1) is 12.9. The van der Waals surface area contributed by atoms with E-state index in [0.29, 0.717) is 21.2 Å². The van der Waals surface area contributed by atoms with Crippen LogP contribution in [-0.4, -0.2) is 11.1 Å². The molecule has 1 N–H and O–H groups in total. The minimum Gasteiger partial charge on any atom is -0.478 e. The van der Waals surface area contributed by atoms with Gasteiger partial charge in [-0.05, 0) is 35.4 Å². The summed E-state index contributed by atoms with van der Waals surface area (Å²) in [6.45, 7) is 0. The van der Waals surface area contributed by atoms with Crippen LogP contribution >= 0.6 is 23.2 Å². The normalized spacial score (nSPS) is 10.4. The van der Waals surface area contributed by atoms with E-state index in [0.717, 1.165) is 6.07 Å². The average molecular weight is 285 g/mol. The van der Waals surface area contributed by atoms with E-state index in [2.05, 4.69) is 0 Å². The Morgan fingerprint density at radius 3 is 2.22 bits per heavy atom. The minimum atomic E-state index is -1.31. The van der Waals surface area contributed by atoms with Crippen molar-refractivity contribution in [3.05, 3.63) is 57.8 Å². The molecule has 0 aliphatic rings. The lowest BCUT2D eigenvalue weighted by Gasteiger charge is -2.05. The van der Waals surface area contributed by atoms with Crippen LogP contribution in [-0.2, 0) is 0 Å². The molecule has 5 heteroatoms. The lowest BCUT2D eigenvalue weighted by Crippen LogP contribution is -2.00. The van der Waals surface area contributed by atoms with Crippen molar-refractivity contribution in [2.75, 3.05) is 0 Å². The molecule has 0 atom stereocenters. The molecule has 0 unspecified atom stereocenters. The quantitative estimate of drug-likeness (QED) is 0.882. The second kappa shape index (κ2) is 4.96. The van der Waals surface area contributed by atoms with Crippen molar-refractivity contribution in [2.45, 2.75) is 0 Å². The fraction of sp³-hybridized carbons (Fsp3) is 0. The second-order valence-corrected chi connectivity index (χ2v) is 4.44. The van der Waals surface area contributed by atoms with E-state index >= 15 is 0 Å². The number of halogens is 3. The molecule has 0 bridgehead atoms. The number of hydrogen-bond donors (Lipinski definition) is 1. The lowest BCUT2D eigenvalue weighted by atomic mass is 10.0. The lowest BCUT2D eigenvalue weighted by molar-refractivity contribution is 0.0692. The number of carbonyl (C=O) groups is 1.